The van der Waals surface area contributed by atoms with E-state index in [9.17, 15) is 13.6 Å². The molecule has 1 aliphatic rings. The van der Waals surface area contributed by atoms with Crippen LogP contribution in [0.3, 0.4) is 0 Å². The van der Waals surface area contributed by atoms with Crippen LogP contribution in [0.4, 0.5) is 8.78 Å². The number of nitrogens with zero attached hydrogens (tertiary/aromatic N) is 2. The van der Waals surface area contributed by atoms with Crippen LogP contribution in [-0.4, -0.2) is 34.5 Å². The highest BCUT2D eigenvalue weighted by atomic mass is 127. The first-order valence-corrected chi connectivity index (χ1v) is 6.50. The van der Waals surface area contributed by atoms with Crippen LogP contribution in [0.1, 0.15) is 19.0 Å². The quantitative estimate of drug-likeness (QED) is 0.785. The highest BCUT2D eigenvalue weighted by Crippen LogP contribution is 2.35. The molecule has 1 atom stereocenters. The van der Waals surface area contributed by atoms with E-state index in [-0.39, 0.29) is 25.5 Å². The molecule has 1 amide bonds. The van der Waals surface area contributed by atoms with Crippen molar-refractivity contribution in [3.8, 4) is 5.88 Å². The number of carbonyl (C=O) groups is 1. The Morgan fingerprint density at radius 1 is 1.74 bits per heavy atom. The van der Waals surface area contributed by atoms with E-state index in [0.717, 1.165) is 0 Å². The Morgan fingerprint density at radius 2 is 2.42 bits per heavy atom. The minimum atomic E-state index is -2.66. The molecule has 0 saturated carbocycles. The predicted octanol–water partition coefficient (Wildman–Crippen LogP) is 1.08. The largest absolute Gasteiger partial charge is 0.474 e. The molecule has 9 heteroatoms. The van der Waals surface area contributed by atoms with E-state index in [1.807, 2.05) is 0 Å². The zero-order valence-electron chi connectivity index (χ0n) is 10.0. The summed E-state index contributed by atoms with van der Waals surface area (Å²) in [6.45, 7) is 1.81. The highest BCUT2D eigenvalue weighted by molar-refractivity contribution is 14.1. The van der Waals surface area contributed by atoms with E-state index in [4.69, 9.17) is 15.2 Å². The van der Waals surface area contributed by atoms with E-state index < -0.39 is 17.9 Å². The molecule has 1 aromatic heterocycles. The number of carbonyl (C=O) groups excluding carboxylic acids is 1. The van der Waals surface area contributed by atoms with Crippen LogP contribution in [0.2, 0.25) is 0 Å². The molecule has 1 aliphatic heterocycles. The molecule has 0 fully saturated rings. The summed E-state index contributed by atoms with van der Waals surface area (Å²) in [5.74, 6) is -0.300. The topological polar surface area (TPSA) is 79.4 Å². The first kappa shape index (κ1) is 14.4. The summed E-state index contributed by atoms with van der Waals surface area (Å²) in [5, 5.41) is 3.81. The van der Waals surface area contributed by atoms with Crippen molar-refractivity contribution in [1.82, 2.24) is 9.78 Å². The molecule has 19 heavy (non-hydrogen) atoms. The zero-order chi connectivity index (χ0) is 14.2. The summed E-state index contributed by atoms with van der Waals surface area (Å²) in [4.78, 5) is 10.7. The molecule has 0 saturated heterocycles. The third kappa shape index (κ3) is 2.96. The second-order valence-corrected chi connectivity index (χ2v) is 5.54. The third-order valence-electron chi connectivity index (χ3n) is 2.64. The van der Waals surface area contributed by atoms with Crippen molar-refractivity contribution in [3.05, 3.63) is 9.26 Å². The van der Waals surface area contributed by atoms with Gasteiger partial charge in [-0.05, 0) is 29.5 Å². The van der Waals surface area contributed by atoms with Crippen molar-refractivity contribution in [1.29, 1.82) is 0 Å². The zero-order valence-corrected chi connectivity index (χ0v) is 12.2. The number of fused-ring (bicyclic) bond motifs is 1. The van der Waals surface area contributed by atoms with Crippen molar-refractivity contribution >= 4 is 28.5 Å². The van der Waals surface area contributed by atoms with E-state index in [0.29, 0.717) is 9.45 Å². The van der Waals surface area contributed by atoms with E-state index in [1.165, 1.54) is 4.68 Å². The molecule has 0 aromatic carbocycles. The number of nitrogens with two attached hydrogens (primary N) is 1. The Balaban J connectivity index is 2.19. The van der Waals surface area contributed by atoms with E-state index in [1.54, 1.807) is 29.5 Å². The Labute approximate surface area is 121 Å². The maximum atomic E-state index is 12.7. The fourth-order valence-electron chi connectivity index (χ4n) is 1.74. The molecule has 0 aliphatic carbocycles. The van der Waals surface area contributed by atoms with Gasteiger partial charge in [-0.15, -0.1) is 0 Å². The number of halogens is 3. The summed E-state index contributed by atoms with van der Waals surface area (Å²) in [7, 11) is 0. The second kappa shape index (κ2) is 5.19. The molecule has 2 heterocycles. The average Bonchev–Trinajstić information content (AvgIpc) is 2.64. The Bertz CT molecular complexity index is 508. The van der Waals surface area contributed by atoms with Gasteiger partial charge in [0, 0.05) is 0 Å². The molecular formula is C10H12F2IN3O3. The first-order chi connectivity index (χ1) is 8.82. The lowest BCUT2D eigenvalue weighted by atomic mass is 10.1. The standard InChI is InChI=1S/C10H12F2IN3O3/c1-10(19-2-5(14)17)3-16-9(18-4-10)6(13)7(15-16)8(11)12/h8H,2-4H2,1H3,(H2,14,17). The minimum absolute atomic E-state index is 0.144. The third-order valence-corrected chi connectivity index (χ3v) is 3.66. The van der Waals surface area contributed by atoms with Gasteiger partial charge in [0.05, 0.1) is 6.54 Å². The smallest absolute Gasteiger partial charge is 0.283 e. The van der Waals surface area contributed by atoms with Gasteiger partial charge in [-0.25, -0.2) is 13.5 Å². The summed E-state index contributed by atoms with van der Waals surface area (Å²) >= 11 is 1.77. The Hall–Kier alpha value is -0.970. The Morgan fingerprint density at radius 3 is 3.00 bits per heavy atom. The summed E-state index contributed by atoms with van der Waals surface area (Å²) in [6.07, 6.45) is -2.66. The van der Waals surface area contributed by atoms with Crippen molar-refractivity contribution in [2.45, 2.75) is 25.5 Å². The number of alkyl halides is 2. The molecule has 1 aromatic rings. The van der Waals surface area contributed by atoms with Gasteiger partial charge >= 0.3 is 0 Å². The van der Waals surface area contributed by atoms with Crippen LogP contribution in [0.5, 0.6) is 5.88 Å². The van der Waals surface area contributed by atoms with Gasteiger partial charge in [-0.3, -0.25) is 4.79 Å². The lowest BCUT2D eigenvalue weighted by molar-refractivity contribution is -0.135. The number of primary amides is 1. The fourth-order valence-corrected chi connectivity index (χ4v) is 2.52. The van der Waals surface area contributed by atoms with Crippen LogP contribution in [0.15, 0.2) is 0 Å². The van der Waals surface area contributed by atoms with E-state index in [2.05, 4.69) is 5.10 Å². The summed E-state index contributed by atoms with van der Waals surface area (Å²) < 4.78 is 37.9. The molecule has 1 unspecified atom stereocenters. The second-order valence-electron chi connectivity index (χ2n) is 4.46. The van der Waals surface area contributed by atoms with Gasteiger partial charge in [-0.1, -0.05) is 0 Å². The number of amides is 1. The van der Waals surface area contributed by atoms with Crippen LogP contribution in [-0.2, 0) is 16.1 Å². The van der Waals surface area contributed by atoms with Gasteiger partial charge in [0.1, 0.15) is 28.1 Å². The van der Waals surface area contributed by atoms with Gasteiger partial charge in [0.2, 0.25) is 11.8 Å². The molecule has 0 radical (unpaired) electrons. The van der Waals surface area contributed by atoms with Crippen LogP contribution >= 0.6 is 22.6 Å². The van der Waals surface area contributed by atoms with Crippen molar-refractivity contribution < 1.29 is 23.0 Å². The number of rotatable bonds is 4. The van der Waals surface area contributed by atoms with Gasteiger partial charge in [0.25, 0.3) is 6.43 Å². The number of ether oxygens (including phenoxy) is 2. The van der Waals surface area contributed by atoms with Gasteiger partial charge < -0.3 is 15.2 Å². The number of hydrogen-bond acceptors (Lipinski definition) is 4. The maximum absolute atomic E-state index is 12.7. The van der Waals surface area contributed by atoms with Crippen LogP contribution in [0.25, 0.3) is 0 Å². The Kier molecular flexibility index (Phi) is 3.95. The minimum Gasteiger partial charge on any atom is -0.474 e. The van der Waals surface area contributed by atoms with Gasteiger partial charge in [-0.2, -0.15) is 5.10 Å². The SMILES string of the molecule is CC1(OCC(N)=O)COc2c(I)c(C(F)F)nn2C1. The lowest BCUT2D eigenvalue weighted by Crippen LogP contribution is -2.45. The monoisotopic (exact) mass is 387 g/mol. The van der Waals surface area contributed by atoms with Crippen molar-refractivity contribution in [3.63, 3.8) is 0 Å². The maximum Gasteiger partial charge on any atom is 0.283 e. The lowest BCUT2D eigenvalue weighted by Gasteiger charge is -2.33. The normalized spacial score (nSPS) is 22.2. The predicted molar refractivity (Wildman–Crippen MR) is 68.9 cm³/mol. The molecule has 0 spiro atoms. The highest BCUT2D eigenvalue weighted by Gasteiger charge is 2.36. The summed E-state index contributed by atoms with van der Waals surface area (Å²) in [5.41, 5.74) is 3.87. The molecule has 6 nitrogen and oxygen atoms in total. The average molecular weight is 387 g/mol. The van der Waals surface area contributed by atoms with Crippen LogP contribution in [0, 0.1) is 3.57 Å². The molecule has 0 bridgehead atoms. The molecule has 2 rings (SSSR count). The number of aromatic nitrogens is 2. The van der Waals surface area contributed by atoms with Crippen molar-refractivity contribution in [2.24, 2.45) is 5.73 Å². The van der Waals surface area contributed by atoms with E-state index >= 15 is 0 Å². The molecule has 106 valence electrons. The van der Waals surface area contributed by atoms with Crippen LogP contribution < -0.4 is 10.5 Å². The van der Waals surface area contributed by atoms with Crippen molar-refractivity contribution in [2.75, 3.05) is 13.2 Å². The molecular weight excluding hydrogens is 375 g/mol. The number of hydrogen-bond donors (Lipinski definition) is 1. The fraction of sp³-hybridized carbons (Fsp3) is 0.600. The first-order valence-electron chi connectivity index (χ1n) is 5.42. The molecule has 2 N–H and O–H groups in total. The van der Waals surface area contributed by atoms with Gasteiger partial charge in [0.15, 0.2) is 0 Å². The summed E-state index contributed by atoms with van der Waals surface area (Å²) in [6, 6.07) is 0.